The van der Waals surface area contributed by atoms with Crippen LogP contribution in [0.3, 0.4) is 0 Å². The maximum absolute atomic E-state index is 11.3. The van der Waals surface area contributed by atoms with Crippen molar-refractivity contribution in [1.29, 1.82) is 0 Å². The second-order valence-electron chi connectivity index (χ2n) is 2.57. The van der Waals surface area contributed by atoms with E-state index in [1.807, 2.05) is 0 Å². The maximum Gasteiger partial charge on any atom is 0.243 e. The second-order valence-corrected chi connectivity index (χ2v) is 2.57. The summed E-state index contributed by atoms with van der Waals surface area (Å²) in [5.74, 6) is 0.184. The molecule has 1 atom stereocenters. The van der Waals surface area contributed by atoms with Gasteiger partial charge in [-0.15, -0.1) is 0 Å². The van der Waals surface area contributed by atoms with Crippen LogP contribution in [0.15, 0.2) is 18.5 Å². The molecule has 1 aromatic heterocycles. The first kappa shape index (κ1) is 9.60. The van der Waals surface area contributed by atoms with Crippen molar-refractivity contribution < 1.29 is 4.79 Å². The average Bonchev–Trinajstić information content (AvgIpc) is 2.18. The highest BCUT2D eigenvalue weighted by Gasteiger charge is 2.10. The van der Waals surface area contributed by atoms with Crippen LogP contribution in [0.5, 0.6) is 0 Å². The fourth-order valence-corrected chi connectivity index (χ4v) is 0.713. The smallest absolute Gasteiger partial charge is 0.243 e. The summed E-state index contributed by atoms with van der Waals surface area (Å²) in [6.45, 7) is 1.76. The van der Waals surface area contributed by atoms with Gasteiger partial charge < -0.3 is 5.32 Å². The summed E-state index contributed by atoms with van der Waals surface area (Å²) < 4.78 is 0. The van der Waals surface area contributed by atoms with Gasteiger partial charge in [-0.3, -0.25) is 10.1 Å². The van der Waals surface area contributed by atoms with Crippen LogP contribution in [0.25, 0.3) is 0 Å². The van der Waals surface area contributed by atoms with E-state index in [9.17, 15) is 4.79 Å². The van der Waals surface area contributed by atoms with Gasteiger partial charge >= 0.3 is 0 Å². The minimum Gasteiger partial charge on any atom is -0.309 e. The largest absolute Gasteiger partial charge is 0.309 e. The Balaban J connectivity index is 2.55. The van der Waals surface area contributed by atoms with Gasteiger partial charge in [0.1, 0.15) is 0 Å². The lowest BCUT2D eigenvalue weighted by Crippen LogP contribution is -2.35. The van der Waals surface area contributed by atoms with Crippen LogP contribution in [0.2, 0.25) is 0 Å². The molecule has 1 unspecified atom stereocenters. The van der Waals surface area contributed by atoms with Gasteiger partial charge in [-0.25, -0.2) is 9.97 Å². The van der Waals surface area contributed by atoms with Crippen molar-refractivity contribution in [2.45, 2.75) is 13.0 Å². The van der Waals surface area contributed by atoms with Crippen LogP contribution in [-0.4, -0.2) is 29.0 Å². The molecule has 70 valence electrons. The molecule has 5 heteroatoms. The highest BCUT2D eigenvalue weighted by atomic mass is 16.2. The fourth-order valence-electron chi connectivity index (χ4n) is 0.713. The summed E-state index contributed by atoms with van der Waals surface area (Å²) >= 11 is 0. The van der Waals surface area contributed by atoms with Crippen LogP contribution in [0, 0.1) is 0 Å². The predicted molar refractivity (Wildman–Crippen MR) is 49.2 cm³/mol. The number of likely N-dealkylation sites (N-methyl/N-ethyl adjacent to an activating group) is 1. The van der Waals surface area contributed by atoms with Crippen molar-refractivity contribution in [2.75, 3.05) is 12.4 Å². The first-order valence-corrected chi connectivity index (χ1v) is 3.99. The van der Waals surface area contributed by atoms with Crippen LogP contribution in [0.4, 0.5) is 5.95 Å². The van der Waals surface area contributed by atoms with Crippen LogP contribution in [0.1, 0.15) is 6.92 Å². The third-order valence-corrected chi connectivity index (χ3v) is 1.63. The van der Waals surface area contributed by atoms with E-state index in [4.69, 9.17) is 0 Å². The topological polar surface area (TPSA) is 66.9 Å². The van der Waals surface area contributed by atoms with Crippen LogP contribution in [-0.2, 0) is 4.79 Å². The van der Waals surface area contributed by atoms with E-state index < -0.39 is 0 Å². The minimum absolute atomic E-state index is 0.145. The van der Waals surface area contributed by atoms with Gasteiger partial charge in [-0.2, -0.15) is 0 Å². The Kier molecular flexibility index (Phi) is 3.33. The van der Waals surface area contributed by atoms with E-state index in [1.54, 1.807) is 32.4 Å². The number of anilines is 1. The quantitative estimate of drug-likeness (QED) is 0.688. The Morgan fingerprint density at radius 2 is 2.08 bits per heavy atom. The first-order valence-electron chi connectivity index (χ1n) is 3.99. The van der Waals surface area contributed by atoms with E-state index in [1.165, 1.54) is 0 Å². The number of hydrogen-bond acceptors (Lipinski definition) is 4. The molecule has 1 aromatic rings. The van der Waals surface area contributed by atoms with Crippen molar-refractivity contribution in [3.05, 3.63) is 18.5 Å². The Bertz CT molecular complexity index is 275. The third kappa shape index (κ3) is 2.79. The third-order valence-electron chi connectivity index (χ3n) is 1.63. The number of hydrogen-bond donors (Lipinski definition) is 2. The summed E-state index contributed by atoms with van der Waals surface area (Å²) in [6.07, 6.45) is 3.15. The van der Waals surface area contributed by atoms with Crippen molar-refractivity contribution in [3.63, 3.8) is 0 Å². The Morgan fingerprint density at radius 3 is 2.62 bits per heavy atom. The van der Waals surface area contributed by atoms with Gasteiger partial charge in [-0.05, 0) is 20.0 Å². The van der Waals surface area contributed by atoms with E-state index in [-0.39, 0.29) is 11.9 Å². The normalized spacial score (nSPS) is 12.2. The van der Waals surface area contributed by atoms with Crippen molar-refractivity contribution in [1.82, 2.24) is 15.3 Å². The standard InChI is InChI=1S/C8H12N4O/c1-6(9-2)7(13)12-8-10-4-3-5-11-8/h3-6,9H,1-2H3,(H,10,11,12,13). The van der Waals surface area contributed by atoms with Gasteiger partial charge in [0.05, 0.1) is 6.04 Å². The molecule has 0 aliphatic heterocycles. The van der Waals surface area contributed by atoms with Crippen molar-refractivity contribution in [3.8, 4) is 0 Å². The van der Waals surface area contributed by atoms with E-state index in [2.05, 4.69) is 20.6 Å². The minimum atomic E-state index is -0.246. The van der Waals surface area contributed by atoms with Gasteiger partial charge in [0.15, 0.2) is 0 Å². The average molecular weight is 180 g/mol. The summed E-state index contributed by atoms with van der Waals surface area (Å²) in [6, 6.07) is 1.45. The zero-order chi connectivity index (χ0) is 9.68. The molecule has 2 N–H and O–H groups in total. The Morgan fingerprint density at radius 1 is 1.46 bits per heavy atom. The van der Waals surface area contributed by atoms with Crippen molar-refractivity contribution >= 4 is 11.9 Å². The number of nitrogens with one attached hydrogen (secondary N) is 2. The molecule has 13 heavy (non-hydrogen) atoms. The number of carbonyl (C=O) groups is 1. The second kappa shape index (κ2) is 4.51. The summed E-state index contributed by atoms with van der Waals surface area (Å²) in [7, 11) is 1.72. The van der Waals surface area contributed by atoms with E-state index in [0.717, 1.165) is 0 Å². The van der Waals surface area contributed by atoms with E-state index >= 15 is 0 Å². The molecular weight excluding hydrogens is 168 g/mol. The Labute approximate surface area is 76.6 Å². The molecule has 0 bridgehead atoms. The molecular formula is C8H12N4O. The number of amides is 1. The lowest BCUT2D eigenvalue weighted by molar-refractivity contribution is -0.117. The number of aromatic nitrogens is 2. The zero-order valence-electron chi connectivity index (χ0n) is 7.61. The summed E-state index contributed by atoms with van der Waals surface area (Å²) in [4.78, 5) is 19.0. The Hall–Kier alpha value is -1.49. The highest BCUT2D eigenvalue weighted by molar-refractivity contribution is 5.92. The first-order chi connectivity index (χ1) is 6.24. The predicted octanol–water partition coefficient (Wildman–Crippen LogP) is 0.0230. The molecule has 0 saturated heterocycles. The van der Waals surface area contributed by atoms with Crippen LogP contribution < -0.4 is 10.6 Å². The van der Waals surface area contributed by atoms with Gasteiger partial charge in [0.2, 0.25) is 11.9 Å². The highest BCUT2D eigenvalue weighted by Crippen LogP contribution is 1.95. The van der Waals surface area contributed by atoms with Crippen LogP contribution >= 0.6 is 0 Å². The molecule has 1 amide bonds. The summed E-state index contributed by atoms with van der Waals surface area (Å²) in [5.41, 5.74) is 0. The lowest BCUT2D eigenvalue weighted by Gasteiger charge is -2.08. The molecule has 0 fully saturated rings. The zero-order valence-corrected chi connectivity index (χ0v) is 7.61. The maximum atomic E-state index is 11.3. The van der Waals surface area contributed by atoms with Crippen molar-refractivity contribution in [2.24, 2.45) is 0 Å². The molecule has 0 saturated carbocycles. The monoisotopic (exact) mass is 180 g/mol. The molecule has 0 aliphatic rings. The fraction of sp³-hybridized carbons (Fsp3) is 0.375. The van der Waals surface area contributed by atoms with Gasteiger partial charge in [-0.1, -0.05) is 0 Å². The molecule has 1 rings (SSSR count). The van der Waals surface area contributed by atoms with E-state index in [0.29, 0.717) is 5.95 Å². The molecule has 5 nitrogen and oxygen atoms in total. The summed E-state index contributed by atoms with van der Waals surface area (Å²) in [5, 5.41) is 5.39. The molecule has 1 heterocycles. The molecule has 0 aliphatic carbocycles. The molecule has 0 aromatic carbocycles. The number of rotatable bonds is 3. The van der Waals surface area contributed by atoms with Gasteiger partial charge in [0.25, 0.3) is 0 Å². The molecule has 0 spiro atoms. The SMILES string of the molecule is CNC(C)C(=O)Nc1ncccn1. The lowest BCUT2D eigenvalue weighted by atomic mass is 10.3. The number of nitrogens with zero attached hydrogens (tertiary/aromatic N) is 2. The van der Waals surface area contributed by atoms with Gasteiger partial charge in [0, 0.05) is 12.4 Å². The number of carbonyl (C=O) groups excluding carboxylic acids is 1. The molecule has 0 radical (unpaired) electrons.